The summed E-state index contributed by atoms with van der Waals surface area (Å²) in [7, 11) is 1.96. The van der Waals surface area contributed by atoms with Crippen LogP contribution < -0.4 is 0 Å². The van der Waals surface area contributed by atoms with Crippen LogP contribution in [0.2, 0.25) is 5.02 Å². The van der Waals surface area contributed by atoms with E-state index in [-0.39, 0.29) is 11.9 Å². The number of rotatable bonds is 4. The van der Waals surface area contributed by atoms with Crippen LogP contribution in [0.3, 0.4) is 0 Å². The fraction of sp³-hybridized carbons (Fsp3) is 0.538. The standard InChI is InChI=1S/C13H17ClFNO/c1-16(8-10-4-3-7-17-10)9-11-12(14)5-2-6-13(11)15/h2,5-6,10H,3-4,7-9H2,1H3. The van der Waals surface area contributed by atoms with Gasteiger partial charge in [0.15, 0.2) is 0 Å². The van der Waals surface area contributed by atoms with Crippen molar-refractivity contribution in [3.63, 3.8) is 0 Å². The Kier molecular flexibility index (Phi) is 4.37. The molecule has 0 amide bonds. The lowest BCUT2D eigenvalue weighted by Crippen LogP contribution is -2.28. The van der Waals surface area contributed by atoms with E-state index in [1.54, 1.807) is 12.1 Å². The SMILES string of the molecule is CN(Cc1c(F)cccc1Cl)CC1CCCO1. The third-order valence-electron chi connectivity index (χ3n) is 3.03. The Balaban J connectivity index is 1.95. The first-order valence-electron chi connectivity index (χ1n) is 5.90. The van der Waals surface area contributed by atoms with E-state index in [0.717, 1.165) is 26.0 Å². The Labute approximate surface area is 106 Å². The molecule has 1 aliphatic rings. The largest absolute Gasteiger partial charge is 0.377 e. The third-order valence-corrected chi connectivity index (χ3v) is 3.38. The number of nitrogens with zero attached hydrogens (tertiary/aromatic N) is 1. The molecule has 1 heterocycles. The summed E-state index contributed by atoms with van der Waals surface area (Å²) in [5.74, 6) is -0.239. The summed E-state index contributed by atoms with van der Waals surface area (Å²) in [4.78, 5) is 2.06. The van der Waals surface area contributed by atoms with Crippen molar-refractivity contribution in [3.05, 3.63) is 34.6 Å². The quantitative estimate of drug-likeness (QED) is 0.822. The Hall–Kier alpha value is -0.640. The van der Waals surface area contributed by atoms with Crippen molar-refractivity contribution in [3.8, 4) is 0 Å². The Morgan fingerprint density at radius 2 is 2.35 bits per heavy atom. The summed E-state index contributed by atoms with van der Waals surface area (Å²) >= 11 is 5.99. The molecule has 1 fully saturated rings. The van der Waals surface area contributed by atoms with Gasteiger partial charge in [0, 0.05) is 30.3 Å². The summed E-state index contributed by atoms with van der Waals surface area (Å²) in [5.41, 5.74) is 0.565. The molecule has 17 heavy (non-hydrogen) atoms. The second-order valence-corrected chi connectivity index (χ2v) is 4.94. The molecule has 1 aliphatic heterocycles. The maximum atomic E-state index is 13.6. The van der Waals surface area contributed by atoms with Crippen molar-refractivity contribution in [2.24, 2.45) is 0 Å². The van der Waals surface area contributed by atoms with Gasteiger partial charge in [0.1, 0.15) is 5.82 Å². The van der Waals surface area contributed by atoms with E-state index in [2.05, 4.69) is 4.90 Å². The van der Waals surface area contributed by atoms with Gasteiger partial charge in [-0.25, -0.2) is 4.39 Å². The van der Waals surface area contributed by atoms with Gasteiger partial charge in [-0.15, -0.1) is 0 Å². The molecule has 0 N–H and O–H groups in total. The molecule has 1 aromatic rings. The fourth-order valence-corrected chi connectivity index (χ4v) is 2.38. The summed E-state index contributed by atoms with van der Waals surface area (Å²) in [5, 5.41) is 0.490. The van der Waals surface area contributed by atoms with E-state index < -0.39 is 0 Å². The van der Waals surface area contributed by atoms with Gasteiger partial charge >= 0.3 is 0 Å². The molecule has 2 rings (SSSR count). The zero-order valence-corrected chi connectivity index (χ0v) is 10.7. The molecule has 4 heteroatoms. The van der Waals surface area contributed by atoms with Crippen LogP contribution in [0.15, 0.2) is 18.2 Å². The second-order valence-electron chi connectivity index (χ2n) is 4.53. The van der Waals surface area contributed by atoms with Crippen molar-refractivity contribution >= 4 is 11.6 Å². The van der Waals surface area contributed by atoms with E-state index in [0.29, 0.717) is 17.1 Å². The molecular formula is C13H17ClFNO. The van der Waals surface area contributed by atoms with Gasteiger partial charge in [-0.05, 0) is 32.0 Å². The first kappa shape index (κ1) is 12.8. The summed E-state index contributed by atoms with van der Waals surface area (Å²) < 4.78 is 19.1. The minimum atomic E-state index is -0.239. The number of halogens is 2. The van der Waals surface area contributed by atoms with Crippen molar-refractivity contribution in [1.29, 1.82) is 0 Å². The summed E-state index contributed by atoms with van der Waals surface area (Å²) in [6, 6.07) is 4.79. The molecule has 0 bridgehead atoms. The van der Waals surface area contributed by atoms with E-state index in [9.17, 15) is 4.39 Å². The lowest BCUT2D eigenvalue weighted by molar-refractivity contribution is 0.0790. The molecule has 0 aliphatic carbocycles. The van der Waals surface area contributed by atoms with E-state index >= 15 is 0 Å². The van der Waals surface area contributed by atoms with Crippen LogP contribution in [0.4, 0.5) is 4.39 Å². The molecule has 94 valence electrons. The first-order chi connectivity index (χ1) is 8.16. The molecule has 1 aromatic carbocycles. The maximum Gasteiger partial charge on any atom is 0.129 e. The number of ether oxygens (including phenoxy) is 1. The lowest BCUT2D eigenvalue weighted by Gasteiger charge is -2.21. The minimum Gasteiger partial charge on any atom is -0.377 e. The first-order valence-corrected chi connectivity index (χ1v) is 6.27. The number of hydrogen-bond donors (Lipinski definition) is 0. The average Bonchev–Trinajstić information content (AvgIpc) is 2.76. The Bertz CT molecular complexity index is 359. The van der Waals surface area contributed by atoms with Crippen LogP contribution in [0, 0.1) is 5.82 Å². The minimum absolute atomic E-state index is 0.239. The van der Waals surface area contributed by atoms with Gasteiger partial charge < -0.3 is 4.74 Å². The zero-order valence-electron chi connectivity index (χ0n) is 9.96. The van der Waals surface area contributed by atoms with Crippen LogP contribution in [-0.4, -0.2) is 31.2 Å². The molecule has 2 nitrogen and oxygen atoms in total. The fourth-order valence-electron chi connectivity index (χ4n) is 2.15. The molecule has 0 saturated carbocycles. The smallest absolute Gasteiger partial charge is 0.129 e. The Morgan fingerprint density at radius 1 is 1.53 bits per heavy atom. The number of likely N-dealkylation sites (N-methyl/N-ethyl adjacent to an activating group) is 1. The maximum absolute atomic E-state index is 13.6. The molecule has 1 unspecified atom stereocenters. The number of benzene rings is 1. The summed E-state index contributed by atoms with van der Waals surface area (Å²) in [6.45, 7) is 2.19. The van der Waals surface area contributed by atoms with Crippen molar-refractivity contribution < 1.29 is 9.13 Å². The van der Waals surface area contributed by atoms with Crippen LogP contribution in [0.5, 0.6) is 0 Å². The van der Waals surface area contributed by atoms with Gasteiger partial charge in [-0.1, -0.05) is 17.7 Å². The highest BCUT2D eigenvalue weighted by Crippen LogP contribution is 2.21. The molecule has 1 atom stereocenters. The predicted octanol–water partition coefficient (Wildman–Crippen LogP) is 3.09. The highest BCUT2D eigenvalue weighted by molar-refractivity contribution is 6.31. The summed E-state index contributed by atoms with van der Waals surface area (Å²) in [6.07, 6.45) is 2.50. The molecular weight excluding hydrogens is 241 g/mol. The average molecular weight is 258 g/mol. The Morgan fingerprint density at radius 3 is 3.00 bits per heavy atom. The van der Waals surface area contributed by atoms with Crippen LogP contribution >= 0.6 is 11.6 Å². The molecule has 0 spiro atoms. The molecule has 0 aromatic heterocycles. The molecule has 0 radical (unpaired) electrons. The van der Waals surface area contributed by atoms with Crippen molar-refractivity contribution in [2.45, 2.75) is 25.5 Å². The zero-order chi connectivity index (χ0) is 12.3. The predicted molar refractivity (Wildman–Crippen MR) is 66.7 cm³/mol. The molecule has 1 saturated heterocycles. The van der Waals surface area contributed by atoms with Crippen molar-refractivity contribution in [2.75, 3.05) is 20.2 Å². The van der Waals surface area contributed by atoms with Gasteiger partial charge in [0.05, 0.1) is 6.10 Å². The van der Waals surface area contributed by atoms with Crippen molar-refractivity contribution in [1.82, 2.24) is 4.90 Å². The van der Waals surface area contributed by atoms with Gasteiger partial charge in [0.2, 0.25) is 0 Å². The van der Waals surface area contributed by atoms with E-state index in [4.69, 9.17) is 16.3 Å². The van der Waals surface area contributed by atoms with Crippen LogP contribution in [0.25, 0.3) is 0 Å². The monoisotopic (exact) mass is 257 g/mol. The highest BCUT2D eigenvalue weighted by atomic mass is 35.5. The van der Waals surface area contributed by atoms with Crippen LogP contribution in [-0.2, 0) is 11.3 Å². The lowest BCUT2D eigenvalue weighted by atomic mass is 10.2. The van der Waals surface area contributed by atoms with Crippen LogP contribution in [0.1, 0.15) is 18.4 Å². The van der Waals surface area contributed by atoms with Gasteiger partial charge in [-0.3, -0.25) is 4.90 Å². The number of hydrogen-bond acceptors (Lipinski definition) is 2. The highest BCUT2D eigenvalue weighted by Gasteiger charge is 2.18. The topological polar surface area (TPSA) is 12.5 Å². The normalized spacial score (nSPS) is 20.1. The van der Waals surface area contributed by atoms with Gasteiger partial charge in [0.25, 0.3) is 0 Å². The van der Waals surface area contributed by atoms with Gasteiger partial charge in [-0.2, -0.15) is 0 Å². The third kappa shape index (κ3) is 3.41. The van der Waals surface area contributed by atoms with E-state index in [1.807, 2.05) is 7.05 Å². The van der Waals surface area contributed by atoms with E-state index in [1.165, 1.54) is 6.07 Å². The second kappa shape index (κ2) is 5.80.